The van der Waals surface area contributed by atoms with E-state index in [9.17, 15) is 10.2 Å². The van der Waals surface area contributed by atoms with Crippen LogP contribution < -0.4 is 0 Å². The predicted molar refractivity (Wildman–Crippen MR) is 108 cm³/mol. The molecule has 0 bridgehead atoms. The summed E-state index contributed by atoms with van der Waals surface area (Å²) in [5, 5.41) is 20.4. The minimum Gasteiger partial charge on any atom is -0.396 e. The molecule has 4 fully saturated rings. The molecule has 4 heteroatoms. The number of hydrogen-bond donors (Lipinski definition) is 2. The van der Waals surface area contributed by atoms with Crippen LogP contribution in [0.15, 0.2) is 11.6 Å². The Hall–Kier alpha value is -0.420. The number of ether oxygens (including phenoxy) is 2. The van der Waals surface area contributed by atoms with Gasteiger partial charge in [-0.15, -0.1) is 0 Å². The van der Waals surface area contributed by atoms with Crippen molar-refractivity contribution in [3.63, 3.8) is 0 Å². The summed E-state index contributed by atoms with van der Waals surface area (Å²) in [4.78, 5) is 0. The summed E-state index contributed by atoms with van der Waals surface area (Å²) in [7, 11) is 0. The van der Waals surface area contributed by atoms with Crippen LogP contribution in [-0.2, 0) is 9.47 Å². The Balaban J connectivity index is 1.44. The number of aliphatic hydroxyl groups is 2. The maximum atomic E-state index is 11.0. The van der Waals surface area contributed by atoms with Gasteiger partial charge in [0.2, 0.25) is 0 Å². The van der Waals surface area contributed by atoms with E-state index in [4.69, 9.17) is 9.47 Å². The van der Waals surface area contributed by atoms with Gasteiger partial charge in [0.05, 0.1) is 19.3 Å². The first-order chi connectivity index (χ1) is 13.4. The lowest BCUT2D eigenvalue weighted by molar-refractivity contribution is -0.186. The van der Waals surface area contributed by atoms with Crippen LogP contribution in [0.25, 0.3) is 0 Å². The van der Waals surface area contributed by atoms with E-state index < -0.39 is 0 Å². The van der Waals surface area contributed by atoms with E-state index in [1.54, 1.807) is 5.57 Å². The monoisotopic (exact) mass is 390 g/mol. The minimum atomic E-state index is -0.339. The van der Waals surface area contributed by atoms with E-state index >= 15 is 0 Å². The summed E-state index contributed by atoms with van der Waals surface area (Å²) < 4.78 is 12.1. The normalized spacial score (nSPS) is 49.4. The van der Waals surface area contributed by atoms with Crippen LogP contribution in [0, 0.1) is 34.5 Å². The molecule has 0 aromatic carbocycles. The van der Waals surface area contributed by atoms with Crippen LogP contribution >= 0.6 is 0 Å². The van der Waals surface area contributed by atoms with Crippen molar-refractivity contribution in [1.29, 1.82) is 0 Å². The quantitative estimate of drug-likeness (QED) is 0.714. The zero-order valence-electron chi connectivity index (χ0n) is 17.7. The van der Waals surface area contributed by atoms with Crippen molar-refractivity contribution in [2.75, 3.05) is 19.8 Å². The maximum absolute atomic E-state index is 11.0. The predicted octanol–water partition coefficient (Wildman–Crippen LogP) is 4.05. The van der Waals surface area contributed by atoms with Crippen LogP contribution in [0.1, 0.15) is 71.6 Å². The van der Waals surface area contributed by atoms with Crippen molar-refractivity contribution >= 4 is 0 Å². The Bertz CT molecular complexity index is 639. The smallest absolute Gasteiger partial charge is 0.172 e. The molecular formula is C24H38O4. The number of allylic oxidation sites excluding steroid dienone is 1. The topological polar surface area (TPSA) is 58.9 Å². The first-order valence-corrected chi connectivity index (χ1v) is 11.7. The van der Waals surface area contributed by atoms with Crippen molar-refractivity contribution in [2.45, 2.75) is 83.5 Å². The molecular weight excluding hydrogens is 352 g/mol. The molecule has 0 aromatic heterocycles. The van der Waals surface area contributed by atoms with Gasteiger partial charge in [-0.25, -0.2) is 0 Å². The zero-order valence-corrected chi connectivity index (χ0v) is 17.7. The lowest BCUT2D eigenvalue weighted by Gasteiger charge is -2.59. The van der Waals surface area contributed by atoms with Gasteiger partial charge in [0, 0.05) is 19.4 Å². The molecule has 2 N–H and O–H groups in total. The summed E-state index contributed by atoms with van der Waals surface area (Å²) in [6.45, 7) is 6.61. The average Bonchev–Trinajstić information content (AvgIpc) is 3.23. The van der Waals surface area contributed by atoms with E-state index in [0.717, 1.165) is 64.6 Å². The summed E-state index contributed by atoms with van der Waals surface area (Å²) in [6.07, 6.45) is 11.9. The van der Waals surface area contributed by atoms with E-state index in [-0.39, 0.29) is 29.3 Å². The molecule has 1 heterocycles. The van der Waals surface area contributed by atoms with Crippen LogP contribution in [-0.4, -0.2) is 41.9 Å². The molecule has 5 aliphatic rings. The third-order valence-corrected chi connectivity index (χ3v) is 9.75. The van der Waals surface area contributed by atoms with Gasteiger partial charge < -0.3 is 19.7 Å². The van der Waals surface area contributed by atoms with Crippen molar-refractivity contribution in [3.8, 4) is 0 Å². The highest BCUT2D eigenvalue weighted by molar-refractivity contribution is 5.27. The van der Waals surface area contributed by atoms with Crippen molar-refractivity contribution in [3.05, 3.63) is 11.6 Å². The lowest BCUT2D eigenvalue weighted by Crippen LogP contribution is -2.53. The molecule has 158 valence electrons. The molecule has 28 heavy (non-hydrogen) atoms. The van der Waals surface area contributed by atoms with Gasteiger partial charge in [0.1, 0.15) is 0 Å². The Morgan fingerprint density at radius 3 is 2.68 bits per heavy atom. The zero-order chi connectivity index (χ0) is 19.6. The van der Waals surface area contributed by atoms with E-state index in [0.29, 0.717) is 23.7 Å². The summed E-state index contributed by atoms with van der Waals surface area (Å²) >= 11 is 0. The molecule has 1 saturated heterocycles. The molecule has 5 rings (SSSR count). The third kappa shape index (κ3) is 2.71. The Labute approximate surface area is 169 Å². The molecule has 0 aromatic rings. The fourth-order valence-electron chi connectivity index (χ4n) is 8.26. The van der Waals surface area contributed by atoms with Crippen molar-refractivity contribution in [2.24, 2.45) is 34.5 Å². The number of fused-ring (bicyclic) bond motifs is 5. The van der Waals surface area contributed by atoms with Crippen LogP contribution in [0.5, 0.6) is 0 Å². The fraction of sp³-hybridized carbons (Fsp3) is 0.917. The number of aliphatic hydroxyl groups excluding tert-OH is 2. The first-order valence-electron chi connectivity index (χ1n) is 11.7. The van der Waals surface area contributed by atoms with Crippen molar-refractivity contribution < 1.29 is 19.7 Å². The summed E-state index contributed by atoms with van der Waals surface area (Å²) in [5.41, 5.74) is 1.91. The van der Waals surface area contributed by atoms with Crippen LogP contribution in [0.2, 0.25) is 0 Å². The first kappa shape index (κ1) is 19.5. The average molecular weight is 391 g/mol. The van der Waals surface area contributed by atoms with Crippen LogP contribution in [0.4, 0.5) is 0 Å². The molecule has 4 aliphatic carbocycles. The summed E-state index contributed by atoms with van der Waals surface area (Å²) in [6, 6.07) is 0. The SMILES string of the molecule is C[C@]12CCC3(CC1=CCC1C2CC[C@@]2(C)C1[C@@H](CCCO)C[C@@H]2O)OCCO3. The summed E-state index contributed by atoms with van der Waals surface area (Å²) in [5.74, 6) is 2.21. The molecule has 0 amide bonds. The number of rotatable bonds is 3. The van der Waals surface area contributed by atoms with Gasteiger partial charge in [-0.05, 0) is 79.4 Å². The highest BCUT2D eigenvalue weighted by Crippen LogP contribution is 2.67. The van der Waals surface area contributed by atoms with Gasteiger partial charge in [0.25, 0.3) is 0 Å². The van der Waals surface area contributed by atoms with Crippen LogP contribution in [0.3, 0.4) is 0 Å². The van der Waals surface area contributed by atoms with E-state index in [1.165, 1.54) is 6.42 Å². The third-order valence-electron chi connectivity index (χ3n) is 9.75. The number of hydrogen-bond acceptors (Lipinski definition) is 4. The molecule has 0 radical (unpaired) electrons. The Morgan fingerprint density at radius 2 is 1.93 bits per heavy atom. The molecule has 3 unspecified atom stereocenters. The van der Waals surface area contributed by atoms with Gasteiger partial charge >= 0.3 is 0 Å². The molecule has 4 nitrogen and oxygen atoms in total. The second-order valence-electron chi connectivity index (χ2n) is 10.9. The maximum Gasteiger partial charge on any atom is 0.172 e. The van der Waals surface area contributed by atoms with Gasteiger partial charge in [-0.2, -0.15) is 0 Å². The van der Waals surface area contributed by atoms with Gasteiger partial charge in [-0.1, -0.05) is 25.5 Å². The molecule has 1 spiro atoms. The Morgan fingerprint density at radius 1 is 1.14 bits per heavy atom. The van der Waals surface area contributed by atoms with Gasteiger partial charge in [0.15, 0.2) is 5.79 Å². The molecule has 1 aliphatic heterocycles. The fourth-order valence-corrected chi connectivity index (χ4v) is 8.26. The van der Waals surface area contributed by atoms with Gasteiger partial charge in [-0.3, -0.25) is 0 Å². The Kier molecular flexibility index (Phi) is 4.74. The molecule has 3 saturated carbocycles. The minimum absolute atomic E-state index is 0.0660. The second-order valence-corrected chi connectivity index (χ2v) is 10.9. The highest BCUT2D eigenvalue weighted by atomic mass is 16.7. The molecule has 7 atom stereocenters. The second kappa shape index (κ2) is 6.80. The highest BCUT2D eigenvalue weighted by Gasteiger charge is 2.62. The standard InChI is InChI=1S/C24H38O4/c1-22-9-10-24(27-12-13-28-24)15-17(22)5-6-18-19(22)7-8-23(2)20(26)14-16(21(18)23)4-3-11-25/h5,16,18-21,25-26H,3-4,6-15H2,1-2H3/t16-,18?,19?,20-,21?,22-,23+/m0/s1. The van der Waals surface area contributed by atoms with Crippen molar-refractivity contribution in [1.82, 2.24) is 0 Å². The lowest BCUT2D eigenvalue weighted by atomic mass is 9.47. The van der Waals surface area contributed by atoms with E-state index in [2.05, 4.69) is 19.9 Å². The largest absolute Gasteiger partial charge is 0.396 e. The van der Waals surface area contributed by atoms with E-state index in [1.807, 2.05) is 0 Å².